The summed E-state index contributed by atoms with van der Waals surface area (Å²) in [4.78, 5) is 29.1. The molecule has 0 spiro atoms. The van der Waals surface area contributed by atoms with Crippen LogP contribution in [0, 0.1) is 5.82 Å². The maximum Gasteiger partial charge on any atom is 0.340 e. The first-order chi connectivity index (χ1) is 18.0. The van der Waals surface area contributed by atoms with Gasteiger partial charge in [-0.2, -0.15) is 5.10 Å². The Bertz CT molecular complexity index is 1320. The van der Waals surface area contributed by atoms with Crippen molar-refractivity contribution in [2.24, 2.45) is 0 Å². The first-order valence-corrected chi connectivity index (χ1v) is 12.8. The number of nitrogens with one attached hydrogen (secondary N) is 3. The number of halogens is 2. The van der Waals surface area contributed by atoms with E-state index < -0.39 is 18.3 Å². The third-order valence-electron chi connectivity index (χ3n) is 7.48. The van der Waals surface area contributed by atoms with Gasteiger partial charge >= 0.3 is 5.69 Å². The van der Waals surface area contributed by atoms with Crippen LogP contribution in [-0.4, -0.2) is 57.1 Å². The quantitative estimate of drug-likeness (QED) is 0.385. The number of carbonyl (C=O) groups is 1. The Balaban J connectivity index is 1.17. The minimum atomic E-state index is -1.14. The Morgan fingerprint density at radius 1 is 1.19 bits per heavy atom. The van der Waals surface area contributed by atoms with Crippen LogP contribution in [0.2, 0.25) is 0 Å². The number of carbonyl (C=O) groups excluding carboxylic acids is 1. The number of aromatic amines is 2. The van der Waals surface area contributed by atoms with Crippen molar-refractivity contribution in [1.29, 1.82) is 0 Å². The Kier molecular flexibility index (Phi) is 6.37. The summed E-state index contributed by atoms with van der Waals surface area (Å²) in [7, 11) is 0. The lowest BCUT2D eigenvalue weighted by Gasteiger charge is -2.26. The first-order valence-electron chi connectivity index (χ1n) is 12.8. The topological polar surface area (TPSA) is 106 Å². The molecule has 8 nitrogen and oxygen atoms in total. The van der Waals surface area contributed by atoms with Gasteiger partial charge in [0.05, 0.1) is 18.2 Å². The number of hydrogen-bond donors (Lipinski definition) is 3. The third kappa shape index (κ3) is 5.21. The minimum Gasteiger partial charge on any atom is -0.353 e. The highest BCUT2D eigenvalue weighted by Gasteiger charge is 2.51. The smallest absolute Gasteiger partial charge is 0.340 e. The van der Waals surface area contributed by atoms with Crippen molar-refractivity contribution in [2.45, 2.75) is 68.6 Å². The summed E-state index contributed by atoms with van der Waals surface area (Å²) in [6.45, 7) is 0.110. The fraction of sp³-hybridized carbons (Fsp3) is 0.444. The number of hydrogen-bond acceptors (Lipinski definition) is 5. The largest absolute Gasteiger partial charge is 0.353 e. The van der Waals surface area contributed by atoms with E-state index in [0.29, 0.717) is 24.2 Å². The molecule has 2 saturated heterocycles. The molecule has 1 amide bonds. The van der Waals surface area contributed by atoms with E-state index in [9.17, 15) is 18.4 Å². The van der Waals surface area contributed by atoms with Gasteiger partial charge in [-0.15, -0.1) is 0 Å². The number of ether oxygens (including phenoxy) is 1. The number of rotatable bonds is 9. The number of aryl methyl sites for hydroxylation is 1. The third-order valence-corrected chi connectivity index (χ3v) is 7.48. The molecular formula is C27H29F2N5O3. The summed E-state index contributed by atoms with van der Waals surface area (Å²) >= 11 is 0. The highest BCUT2D eigenvalue weighted by molar-refractivity contribution is 5.83. The van der Waals surface area contributed by atoms with E-state index in [1.807, 2.05) is 42.5 Å². The van der Waals surface area contributed by atoms with Crippen LogP contribution in [0.3, 0.4) is 0 Å². The maximum absolute atomic E-state index is 14.9. The molecule has 3 aromatic rings. The van der Waals surface area contributed by atoms with E-state index in [1.165, 1.54) is 6.07 Å². The van der Waals surface area contributed by atoms with Crippen LogP contribution in [-0.2, 0) is 16.0 Å². The standard InChI is InChI=1S/C27H29F2N5O3/c28-18-13-21(34(14-18)26-22(37-26)10-11-23-30-27(36)33-32-23)25(35)31-24(16-4-2-1-3-5-16)17-8-9-19(15-6-7-15)20(29)12-17/h1-5,8-9,12,15,18,21-22,24,26H,6-7,10-11,13-14H2,(H,31,35)(H2,30,32,33,36)/t18-,21+,22?,24+,26?/m1/s1. The monoisotopic (exact) mass is 509 g/mol. The fourth-order valence-corrected chi connectivity index (χ4v) is 5.38. The molecule has 10 heteroatoms. The molecule has 5 atom stereocenters. The molecule has 3 N–H and O–H groups in total. The van der Waals surface area contributed by atoms with Gasteiger partial charge < -0.3 is 10.1 Å². The van der Waals surface area contributed by atoms with Crippen molar-refractivity contribution in [1.82, 2.24) is 25.4 Å². The Morgan fingerprint density at radius 2 is 2.00 bits per heavy atom. The maximum atomic E-state index is 14.9. The molecule has 2 aromatic carbocycles. The van der Waals surface area contributed by atoms with E-state index >= 15 is 0 Å². The van der Waals surface area contributed by atoms with Crippen LogP contribution in [0.5, 0.6) is 0 Å². The molecule has 2 aliphatic heterocycles. The minimum absolute atomic E-state index is 0.0710. The lowest BCUT2D eigenvalue weighted by molar-refractivity contribution is -0.126. The molecular weight excluding hydrogens is 480 g/mol. The van der Waals surface area contributed by atoms with Crippen LogP contribution in [0.4, 0.5) is 8.78 Å². The zero-order valence-corrected chi connectivity index (χ0v) is 20.2. The number of nitrogens with zero attached hydrogens (tertiary/aromatic N) is 2. The fourth-order valence-electron chi connectivity index (χ4n) is 5.38. The number of aromatic nitrogens is 3. The van der Waals surface area contributed by atoms with Crippen LogP contribution in [0.1, 0.15) is 60.2 Å². The van der Waals surface area contributed by atoms with Crippen LogP contribution in [0.25, 0.3) is 0 Å². The lowest BCUT2D eigenvalue weighted by Crippen LogP contribution is -2.46. The molecule has 3 fully saturated rings. The number of likely N-dealkylation sites (tertiary alicyclic amines) is 1. The summed E-state index contributed by atoms with van der Waals surface area (Å²) < 4.78 is 35.2. The molecule has 3 heterocycles. The van der Waals surface area contributed by atoms with Crippen molar-refractivity contribution >= 4 is 5.91 Å². The second-order valence-corrected chi connectivity index (χ2v) is 10.2. The predicted molar refractivity (Wildman–Crippen MR) is 131 cm³/mol. The lowest BCUT2D eigenvalue weighted by atomic mass is 9.96. The SMILES string of the molecule is O=C(N[C@@H](c1ccccc1)c1ccc(C2CC2)c(F)c1)[C@@H]1C[C@@H](F)CN1C1OC1CCc1n[nH]c(=O)[nH]1. The van der Waals surface area contributed by atoms with Gasteiger partial charge in [0.1, 0.15) is 24.0 Å². The highest BCUT2D eigenvalue weighted by atomic mass is 19.1. The van der Waals surface area contributed by atoms with Gasteiger partial charge in [-0.05, 0) is 47.9 Å². The zero-order valence-electron chi connectivity index (χ0n) is 20.2. The Hall–Kier alpha value is -3.37. The number of amides is 1. The predicted octanol–water partition coefficient (Wildman–Crippen LogP) is 3.09. The van der Waals surface area contributed by atoms with Gasteiger partial charge in [0.2, 0.25) is 5.91 Å². The Morgan fingerprint density at radius 3 is 2.70 bits per heavy atom. The van der Waals surface area contributed by atoms with Crippen molar-refractivity contribution in [2.75, 3.05) is 6.54 Å². The van der Waals surface area contributed by atoms with Crippen LogP contribution in [0.15, 0.2) is 53.3 Å². The average Bonchev–Trinajstić information content (AvgIpc) is 3.81. The summed E-state index contributed by atoms with van der Waals surface area (Å²) in [6, 6.07) is 13.3. The van der Waals surface area contributed by atoms with Gasteiger partial charge in [0.15, 0.2) is 0 Å². The molecule has 2 unspecified atom stereocenters. The average molecular weight is 510 g/mol. The molecule has 6 rings (SSSR count). The number of epoxide rings is 1. The zero-order chi connectivity index (χ0) is 25.5. The summed E-state index contributed by atoms with van der Waals surface area (Å²) in [5, 5.41) is 9.29. The number of alkyl halides is 1. The van der Waals surface area contributed by atoms with Crippen molar-refractivity contribution < 1.29 is 18.3 Å². The van der Waals surface area contributed by atoms with Gasteiger partial charge in [0, 0.05) is 19.4 Å². The summed E-state index contributed by atoms with van der Waals surface area (Å²) in [5.41, 5.74) is 1.83. The molecule has 1 aliphatic carbocycles. The molecule has 37 heavy (non-hydrogen) atoms. The van der Waals surface area contributed by atoms with Gasteiger partial charge in [0.25, 0.3) is 0 Å². The molecule has 3 aliphatic rings. The first kappa shape index (κ1) is 24.0. The molecule has 1 saturated carbocycles. The van der Waals surface area contributed by atoms with Crippen molar-refractivity contribution in [3.8, 4) is 0 Å². The normalized spacial score (nSPS) is 26.2. The van der Waals surface area contributed by atoms with E-state index in [0.717, 1.165) is 24.0 Å². The van der Waals surface area contributed by atoms with Crippen molar-refractivity contribution in [3.05, 3.63) is 87.3 Å². The van der Waals surface area contributed by atoms with Crippen molar-refractivity contribution in [3.63, 3.8) is 0 Å². The second-order valence-electron chi connectivity index (χ2n) is 10.2. The van der Waals surface area contributed by atoms with E-state index in [1.54, 1.807) is 4.90 Å². The van der Waals surface area contributed by atoms with E-state index in [-0.39, 0.29) is 48.6 Å². The molecule has 1 aromatic heterocycles. The van der Waals surface area contributed by atoms with Gasteiger partial charge in [-0.25, -0.2) is 18.7 Å². The summed E-state index contributed by atoms with van der Waals surface area (Å²) in [6.07, 6.45) is 1.48. The van der Waals surface area contributed by atoms with Crippen LogP contribution >= 0.6 is 0 Å². The van der Waals surface area contributed by atoms with E-state index in [4.69, 9.17) is 4.74 Å². The summed E-state index contributed by atoms with van der Waals surface area (Å²) in [5.74, 6) is 0.247. The van der Waals surface area contributed by atoms with E-state index in [2.05, 4.69) is 20.5 Å². The van der Waals surface area contributed by atoms with Crippen LogP contribution < -0.4 is 11.0 Å². The molecule has 0 bridgehead atoms. The molecule has 0 radical (unpaired) electrons. The second kappa shape index (κ2) is 9.83. The molecule has 194 valence electrons. The van der Waals surface area contributed by atoms with Gasteiger partial charge in [-0.3, -0.25) is 14.7 Å². The number of benzene rings is 2. The van der Waals surface area contributed by atoms with Gasteiger partial charge in [-0.1, -0.05) is 42.5 Å². The Labute approximate surface area is 212 Å². The highest BCUT2D eigenvalue weighted by Crippen LogP contribution is 2.42. The number of H-pyrrole nitrogens is 2.